The second-order valence-corrected chi connectivity index (χ2v) is 7.23. The monoisotopic (exact) mass is 382 g/mol. The Balaban J connectivity index is 1.61. The summed E-state index contributed by atoms with van der Waals surface area (Å²) in [6.45, 7) is 6.52. The molecule has 1 N–H and O–H groups in total. The smallest absolute Gasteiger partial charge is 0.264 e. The van der Waals surface area contributed by atoms with Crippen molar-refractivity contribution in [2.45, 2.75) is 20.8 Å². The molecular weight excluding hydrogens is 360 g/mol. The van der Waals surface area contributed by atoms with Gasteiger partial charge >= 0.3 is 0 Å². The zero-order valence-electron chi connectivity index (χ0n) is 15.6. The number of hydrogen-bond acceptors (Lipinski definition) is 5. The number of aryl methyl sites for hydroxylation is 2. The van der Waals surface area contributed by atoms with Gasteiger partial charge in [0.2, 0.25) is 0 Å². The van der Waals surface area contributed by atoms with Crippen molar-refractivity contribution >= 4 is 22.4 Å². The fourth-order valence-electron chi connectivity index (χ4n) is 2.53. The molecule has 1 amide bonds. The van der Waals surface area contributed by atoms with Gasteiger partial charge in [0.1, 0.15) is 11.5 Å². The SMILES string of the molecule is CCOc1ccc(-c2nc(NC(=O)COc3ccc(C)cc3)sc2C)cc1. The summed E-state index contributed by atoms with van der Waals surface area (Å²) in [5.41, 5.74) is 2.99. The van der Waals surface area contributed by atoms with Crippen LogP contribution in [0.15, 0.2) is 48.5 Å². The maximum atomic E-state index is 12.1. The number of carbonyl (C=O) groups is 1. The van der Waals surface area contributed by atoms with Crippen molar-refractivity contribution in [1.82, 2.24) is 4.98 Å². The third kappa shape index (κ3) is 5.08. The molecule has 0 spiro atoms. The zero-order chi connectivity index (χ0) is 19.2. The van der Waals surface area contributed by atoms with Gasteiger partial charge in [0.05, 0.1) is 12.3 Å². The fourth-order valence-corrected chi connectivity index (χ4v) is 3.38. The fraction of sp³-hybridized carbons (Fsp3) is 0.238. The molecule has 140 valence electrons. The van der Waals surface area contributed by atoms with Gasteiger partial charge in [-0.2, -0.15) is 0 Å². The number of nitrogens with one attached hydrogen (secondary N) is 1. The molecule has 0 radical (unpaired) electrons. The van der Waals surface area contributed by atoms with Gasteiger partial charge in [-0.15, -0.1) is 11.3 Å². The summed E-state index contributed by atoms with van der Waals surface area (Å²) in [6.07, 6.45) is 0. The molecule has 3 aromatic rings. The summed E-state index contributed by atoms with van der Waals surface area (Å²) in [6, 6.07) is 15.4. The van der Waals surface area contributed by atoms with E-state index in [2.05, 4.69) is 10.3 Å². The van der Waals surface area contributed by atoms with E-state index in [1.54, 1.807) is 0 Å². The van der Waals surface area contributed by atoms with Gasteiger partial charge in [-0.05, 0) is 57.2 Å². The number of hydrogen-bond donors (Lipinski definition) is 1. The summed E-state index contributed by atoms with van der Waals surface area (Å²) in [7, 11) is 0. The first-order valence-electron chi connectivity index (χ1n) is 8.75. The minimum Gasteiger partial charge on any atom is -0.494 e. The van der Waals surface area contributed by atoms with E-state index in [9.17, 15) is 4.79 Å². The van der Waals surface area contributed by atoms with Crippen LogP contribution in [0.25, 0.3) is 11.3 Å². The molecule has 1 heterocycles. The average Bonchev–Trinajstić information content (AvgIpc) is 3.02. The van der Waals surface area contributed by atoms with Crippen LogP contribution in [0.4, 0.5) is 5.13 Å². The van der Waals surface area contributed by atoms with Crippen LogP contribution in [-0.4, -0.2) is 24.1 Å². The van der Waals surface area contributed by atoms with Gasteiger partial charge in [-0.1, -0.05) is 17.7 Å². The minimum absolute atomic E-state index is 0.0555. The number of thiazole rings is 1. The second-order valence-electron chi connectivity index (χ2n) is 6.03. The second kappa shape index (κ2) is 8.68. The Morgan fingerprint density at radius 3 is 2.30 bits per heavy atom. The molecule has 0 saturated carbocycles. The summed E-state index contributed by atoms with van der Waals surface area (Å²) >= 11 is 1.45. The molecule has 0 aliphatic heterocycles. The third-order valence-electron chi connectivity index (χ3n) is 3.87. The lowest BCUT2D eigenvalue weighted by molar-refractivity contribution is -0.118. The van der Waals surface area contributed by atoms with Gasteiger partial charge in [-0.25, -0.2) is 4.98 Å². The molecule has 0 bridgehead atoms. The molecule has 0 unspecified atom stereocenters. The van der Waals surface area contributed by atoms with Crippen LogP contribution >= 0.6 is 11.3 Å². The Labute approximate surface area is 163 Å². The van der Waals surface area contributed by atoms with Gasteiger partial charge < -0.3 is 9.47 Å². The highest BCUT2D eigenvalue weighted by Crippen LogP contribution is 2.31. The van der Waals surface area contributed by atoms with Crippen molar-refractivity contribution in [3.05, 3.63) is 59.0 Å². The molecule has 6 heteroatoms. The number of ether oxygens (including phenoxy) is 2. The highest BCUT2D eigenvalue weighted by molar-refractivity contribution is 7.16. The van der Waals surface area contributed by atoms with E-state index in [0.29, 0.717) is 17.5 Å². The molecule has 0 aliphatic carbocycles. The molecular formula is C21H22N2O3S. The first-order valence-corrected chi connectivity index (χ1v) is 9.57. The summed E-state index contributed by atoms with van der Waals surface area (Å²) in [4.78, 5) is 17.7. The molecule has 1 aromatic heterocycles. The van der Waals surface area contributed by atoms with E-state index < -0.39 is 0 Å². The number of benzene rings is 2. The van der Waals surface area contributed by atoms with Crippen LogP contribution in [0, 0.1) is 13.8 Å². The first-order chi connectivity index (χ1) is 13.0. The standard InChI is InChI=1S/C21H22N2O3S/c1-4-25-17-11-7-16(8-12-17)20-15(3)27-21(23-20)22-19(24)13-26-18-9-5-14(2)6-10-18/h5-12H,4,13H2,1-3H3,(H,22,23,24). The van der Waals surface area contributed by atoms with Crippen LogP contribution in [0.1, 0.15) is 17.4 Å². The first kappa shape index (κ1) is 18.9. The van der Waals surface area contributed by atoms with E-state index in [1.165, 1.54) is 11.3 Å². The largest absolute Gasteiger partial charge is 0.494 e. The van der Waals surface area contributed by atoms with Crippen LogP contribution in [0.3, 0.4) is 0 Å². The number of aromatic nitrogens is 1. The molecule has 0 saturated heterocycles. The Morgan fingerprint density at radius 1 is 1.00 bits per heavy atom. The number of nitrogens with zero attached hydrogens (tertiary/aromatic N) is 1. The Hall–Kier alpha value is -2.86. The number of amides is 1. The summed E-state index contributed by atoms with van der Waals surface area (Å²) in [5, 5.41) is 3.37. The molecule has 27 heavy (non-hydrogen) atoms. The summed E-state index contributed by atoms with van der Waals surface area (Å²) < 4.78 is 11.0. The third-order valence-corrected chi connectivity index (χ3v) is 4.76. The van der Waals surface area contributed by atoms with E-state index in [0.717, 1.165) is 27.4 Å². The molecule has 5 nitrogen and oxygen atoms in total. The molecule has 0 aliphatic rings. The summed E-state index contributed by atoms with van der Waals surface area (Å²) in [5.74, 6) is 1.26. The van der Waals surface area contributed by atoms with Crippen LogP contribution in [0.5, 0.6) is 11.5 Å². The zero-order valence-corrected chi connectivity index (χ0v) is 16.4. The molecule has 0 atom stereocenters. The molecule has 3 rings (SSSR count). The minimum atomic E-state index is -0.234. The number of carbonyl (C=O) groups excluding carboxylic acids is 1. The Kier molecular flexibility index (Phi) is 6.08. The topological polar surface area (TPSA) is 60.5 Å². The Bertz CT molecular complexity index is 902. The van der Waals surface area contributed by atoms with Crippen molar-refractivity contribution in [3.8, 4) is 22.8 Å². The van der Waals surface area contributed by atoms with Crippen LogP contribution in [0.2, 0.25) is 0 Å². The van der Waals surface area contributed by atoms with Gasteiger partial charge in [0, 0.05) is 10.4 Å². The van der Waals surface area contributed by atoms with E-state index in [4.69, 9.17) is 9.47 Å². The van der Waals surface area contributed by atoms with E-state index >= 15 is 0 Å². The van der Waals surface area contributed by atoms with E-state index in [1.807, 2.05) is 69.3 Å². The quantitative estimate of drug-likeness (QED) is 0.635. The van der Waals surface area contributed by atoms with Crippen LogP contribution < -0.4 is 14.8 Å². The van der Waals surface area contributed by atoms with E-state index in [-0.39, 0.29) is 12.5 Å². The average molecular weight is 382 g/mol. The van der Waals surface area contributed by atoms with Gasteiger partial charge in [0.15, 0.2) is 11.7 Å². The highest BCUT2D eigenvalue weighted by Gasteiger charge is 2.12. The van der Waals surface area contributed by atoms with Gasteiger partial charge in [-0.3, -0.25) is 10.1 Å². The van der Waals surface area contributed by atoms with Crippen molar-refractivity contribution in [2.75, 3.05) is 18.5 Å². The molecule has 2 aromatic carbocycles. The highest BCUT2D eigenvalue weighted by atomic mass is 32.1. The van der Waals surface area contributed by atoms with Crippen molar-refractivity contribution in [1.29, 1.82) is 0 Å². The van der Waals surface area contributed by atoms with Crippen molar-refractivity contribution < 1.29 is 14.3 Å². The van der Waals surface area contributed by atoms with Crippen molar-refractivity contribution in [3.63, 3.8) is 0 Å². The normalized spacial score (nSPS) is 10.5. The predicted molar refractivity (Wildman–Crippen MR) is 109 cm³/mol. The maximum absolute atomic E-state index is 12.1. The number of rotatable bonds is 7. The lowest BCUT2D eigenvalue weighted by Gasteiger charge is -2.06. The maximum Gasteiger partial charge on any atom is 0.264 e. The predicted octanol–water partition coefficient (Wildman–Crippen LogP) is 4.84. The van der Waals surface area contributed by atoms with Crippen LogP contribution in [-0.2, 0) is 4.79 Å². The molecule has 0 fully saturated rings. The van der Waals surface area contributed by atoms with Crippen molar-refractivity contribution in [2.24, 2.45) is 0 Å². The van der Waals surface area contributed by atoms with Gasteiger partial charge in [0.25, 0.3) is 5.91 Å². The lowest BCUT2D eigenvalue weighted by atomic mass is 10.1. The lowest BCUT2D eigenvalue weighted by Crippen LogP contribution is -2.20. The number of anilines is 1. The Morgan fingerprint density at radius 2 is 1.63 bits per heavy atom.